The molecule has 0 saturated carbocycles. The minimum absolute atomic E-state index is 0.222. The highest BCUT2D eigenvalue weighted by Gasteiger charge is 2.19. The Hall–Kier alpha value is -4.35. The van der Waals surface area contributed by atoms with Crippen LogP contribution in [0.25, 0.3) is 22.2 Å². The highest BCUT2D eigenvalue weighted by atomic mass is 32.2. The number of sulfonamides is 1. The van der Waals surface area contributed by atoms with Gasteiger partial charge in [-0.05, 0) is 81.7 Å². The maximum atomic E-state index is 14.0. The number of benzene rings is 3. The van der Waals surface area contributed by atoms with Crippen LogP contribution in [0.3, 0.4) is 0 Å². The van der Waals surface area contributed by atoms with E-state index in [0.29, 0.717) is 17.6 Å². The Labute approximate surface area is 231 Å². The van der Waals surface area contributed by atoms with Gasteiger partial charge in [0.15, 0.2) is 0 Å². The molecule has 206 valence electrons. The number of nitrogens with zero attached hydrogens (tertiary/aromatic N) is 4. The van der Waals surface area contributed by atoms with Gasteiger partial charge < -0.3 is 14.8 Å². The van der Waals surface area contributed by atoms with E-state index in [9.17, 15) is 17.2 Å². The second-order valence-electron chi connectivity index (χ2n) is 9.61. The molecular formula is C29H28F2N6O2S. The predicted molar refractivity (Wildman–Crippen MR) is 153 cm³/mol. The quantitative estimate of drug-likeness (QED) is 0.221. The van der Waals surface area contributed by atoms with Gasteiger partial charge in [-0.2, -0.15) is 0 Å². The van der Waals surface area contributed by atoms with Crippen LogP contribution in [0.1, 0.15) is 6.42 Å². The van der Waals surface area contributed by atoms with Gasteiger partial charge in [-0.15, -0.1) is 0 Å². The molecule has 0 unspecified atom stereocenters. The zero-order valence-electron chi connectivity index (χ0n) is 22.0. The monoisotopic (exact) mass is 562 g/mol. The smallest absolute Gasteiger partial charge is 0.264 e. The third kappa shape index (κ3) is 6.27. The molecule has 5 aromatic rings. The van der Waals surface area contributed by atoms with Gasteiger partial charge in [0.1, 0.15) is 28.7 Å². The highest BCUT2D eigenvalue weighted by molar-refractivity contribution is 7.92. The number of halogens is 2. The molecule has 0 aliphatic rings. The third-order valence-corrected chi connectivity index (χ3v) is 7.75. The Morgan fingerprint density at radius 1 is 0.900 bits per heavy atom. The van der Waals surface area contributed by atoms with Crippen molar-refractivity contribution >= 4 is 38.1 Å². The van der Waals surface area contributed by atoms with Crippen molar-refractivity contribution < 1.29 is 17.2 Å². The Bertz CT molecular complexity index is 1750. The van der Waals surface area contributed by atoms with E-state index in [1.54, 1.807) is 12.1 Å². The van der Waals surface area contributed by atoms with Crippen molar-refractivity contribution in [1.29, 1.82) is 0 Å². The predicted octanol–water partition coefficient (Wildman–Crippen LogP) is 5.87. The second kappa shape index (κ2) is 11.4. The van der Waals surface area contributed by atoms with Crippen LogP contribution in [-0.4, -0.2) is 48.5 Å². The summed E-state index contributed by atoms with van der Waals surface area (Å²) in [5.74, 6) is -1.46. The van der Waals surface area contributed by atoms with Crippen LogP contribution in [-0.2, 0) is 16.6 Å². The van der Waals surface area contributed by atoms with Gasteiger partial charge in [0, 0.05) is 52.7 Å². The molecule has 2 aromatic heterocycles. The van der Waals surface area contributed by atoms with Crippen molar-refractivity contribution in [2.75, 3.05) is 30.7 Å². The summed E-state index contributed by atoms with van der Waals surface area (Å²) in [7, 11) is -0.0784. The summed E-state index contributed by atoms with van der Waals surface area (Å²) in [4.78, 5) is 10.3. The summed E-state index contributed by atoms with van der Waals surface area (Å²) in [6, 6.07) is 18.9. The maximum absolute atomic E-state index is 14.0. The fraction of sp³-hybridized carbons (Fsp3) is 0.172. The van der Waals surface area contributed by atoms with Gasteiger partial charge in [-0.3, -0.25) is 4.72 Å². The third-order valence-electron chi connectivity index (χ3n) is 6.33. The molecule has 3 aromatic carbocycles. The van der Waals surface area contributed by atoms with Gasteiger partial charge >= 0.3 is 0 Å². The van der Waals surface area contributed by atoms with Crippen molar-refractivity contribution in [3.05, 3.63) is 97.0 Å². The first kappa shape index (κ1) is 27.2. The largest absolute Gasteiger partial charge is 0.347 e. The van der Waals surface area contributed by atoms with E-state index in [1.807, 2.05) is 12.1 Å². The molecule has 0 fully saturated rings. The summed E-state index contributed by atoms with van der Waals surface area (Å²) >= 11 is 0. The van der Waals surface area contributed by atoms with Crippen LogP contribution in [0, 0.1) is 11.6 Å². The molecule has 8 nitrogen and oxygen atoms in total. The van der Waals surface area contributed by atoms with Crippen molar-refractivity contribution in [3.8, 4) is 11.3 Å². The Balaban J connectivity index is 1.27. The summed E-state index contributed by atoms with van der Waals surface area (Å²) in [5, 5.41) is 4.32. The fourth-order valence-electron chi connectivity index (χ4n) is 4.37. The summed E-state index contributed by atoms with van der Waals surface area (Å²) < 4.78 is 56.7. The van der Waals surface area contributed by atoms with Crippen molar-refractivity contribution in [1.82, 2.24) is 19.4 Å². The molecule has 0 saturated heterocycles. The SMILES string of the molecule is CN(C)CCCn1ccc2cc(-c3cc(Nc4ccc(NS(=O)(=O)c5ccc(F)cc5F)cc4)ncn3)ccc21. The normalized spacial score (nSPS) is 11.7. The standard InChI is InChI=1S/C29H28F2N6O2S/c1-36(2)13-3-14-37-15-12-21-16-20(4-10-27(21)37)26-18-29(33-19-32-26)34-23-6-8-24(9-7-23)35-40(38,39)28-11-5-22(30)17-25(28)31/h4-12,15-19,35H,3,13-14H2,1-2H3,(H,32,33,34). The van der Waals surface area contributed by atoms with E-state index in [4.69, 9.17) is 0 Å². The number of hydrogen-bond donors (Lipinski definition) is 2. The van der Waals surface area contributed by atoms with Crippen LogP contribution < -0.4 is 10.0 Å². The number of anilines is 3. The Kier molecular flexibility index (Phi) is 7.76. The van der Waals surface area contributed by atoms with Crippen LogP contribution in [0.5, 0.6) is 0 Å². The van der Waals surface area contributed by atoms with E-state index in [1.165, 1.54) is 24.0 Å². The van der Waals surface area contributed by atoms with E-state index in [2.05, 4.69) is 68.0 Å². The van der Waals surface area contributed by atoms with Crippen molar-refractivity contribution in [2.24, 2.45) is 0 Å². The zero-order valence-corrected chi connectivity index (χ0v) is 22.8. The average Bonchev–Trinajstić information content (AvgIpc) is 3.31. The molecule has 0 amide bonds. The topological polar surface area (TPSA) is 92.2 Å². The first-order chi connectivity index (χ1) is 19.2. The molecule has 2 N–H and O–H groups in total. The zero-order chi connectivity index (χ0) is 28.3. The van der Waals surface area contributed by atoms with E-state index >= 15 is 0 Å². The number of rotatable bonds is 10. The molecule has 0 bridgehead atoms. The van der Waals surface area contributed by atoms with Crippen LogP contribution in [0.15, 0.2) is 90.2 Å². The molecule has 0 radical (unpaired) electrons. The van der Waals surface area contributed by atoms with Crippen LogP contribution >= 0.6 is 0 Å². The van der Waals surface area contributed by atoms with Gasteiger partial charge in [0.25, 0.3) is 10.0 Å². The molecular weight excluding hydrogens is 534 g/mol. The number of nitrogens with one attached hydrogen (secondary N) is 2. The molecule has 2 heterocycles. The van der Waals surface area contributed by atoms with Gasteiger partial charge in [0.2, 0.25) is 0 Å². The van der Waals surface area contributed by atoms with Gasteiger partial charge in [-0.1, -0.05) is 6.07 Å². The lowest BCUT2D eigenvalue weighted by atomic mass is 10.1. The van der Waals surface area contributed by atoms with Crippen LogP contribution in [0.2, 0.25) is 0 Å². The number of aryl methyl sites for hydroxylation is 1. The van der Waals surface area contributed by atoms with E-state index in [-0.39, 0.29) is 5.69 Å². The second-order valence-corrected chi connectivity index (χ2v) is 11.3. The number of aromatic nitrogens is 3. The highest BCUT2D eigenvalue weighted by Crippen LogP contribution is 2.27. The van der Waals surface area contributed by atoms with Gasteiger partial charge in [0.05, 0.1) is 5.69 Å². The minimum Gasteiger partial charge on any atom is -0.347 e. The van der Waals surface area contributed by atoms with Crippen molar-refractivity contribution in [2.45, 2.75) is 17.9 Å². The molecule has 0 aliphatic heterocycles. The molecule has 11 heteroatoms. The molecule has 0 aliphatic carbocycles. The average molecular weight is 563 g/mol. The Morgan fingerprint density at radius 2 is 1.68 bits per heavy atom. The van der Waals surface area contributed by atoms with Crippen molar-refractivity contribution in [3.63, 3.8) is 0 Å². The summed E-state index contributed by atoms with van der Waals surface area (Å²) in [6.45, 7) is 1.98. The summed E-state index contributed by atoms with van der Waals surface area (Å²) in [5.41, 5.74) is 3.77. The Morgan fingerprint density at radius 3 is 2.42 bits per heavy atom. The summed E-state index contributed by atoms with van der Waals surface area (Å²) in [6.07, 6.45) is 4.66. The lowest BCUT2D eigenvalue weighted by molar-refractivity contribution is 0.388. The lowest BCUT2D eigenvalue weighted by Gasteiger charge is -2.11. The number of hydrogen-bond acceptors (Lipinski definition) is 6. The molecule has 0 spiro atoms. The number of fused-ring (bicyclic) bond motifs is 1. The molecule has 0 atom stereocenters. The van der Waals surface area contributed by atoms with Gasteiger partial charge in [-0.25, -0.2) is 27.2 Å². The lowest BCUT2D eigenvalue weighted by Crippen LogP contribution is -2.14. The molecule has 5 rings (SSSR count). The first-order valence-corrected chi connectivity index (χ1v) is 14.1. The molecule has 40 heavy (non-hydrogen) atoms. The minimum atomic E-state index is -4.23. The fourth-order valence-corrected chi connectivity index (χ4v) is 5.49. The van der Waals surface area contributed by atoms with Crippen LogP contribution in [0.4, 0.5) is 26.0 Å². The van der Waals surface area contributed by atoms with E-state index < -0.39 is 26.6 Å². The first-order valence-electron chi connectivity index (χ1n) is 12.6. The van der Waals surface area contributed by atoms with E-state index in [0.717, 1.165) is 48.3 Å². The maximum Gasteiger partial charge on any atom is 0.264 e.